The molecule has 0 aliphatic rings. The molecule has 0 heterocycles. The molecule has 2 N–H and O–H groups in total. The first-order valence-corrected chi connectivity index (χ1v) is 4.98. The quantitative estimate of drug-likeness (QED) is 0.788. The van der Waals surface area contributed by atoms with Crippen LogP contribution in [-0.2, 0) is 0 Å². The summed E-state index contributed by atoms with van der Waals surface area (Å²) in [6.07, 6.45) is -0.511. The van der Waals surface area contributed by atoms with Gasteiger partial charge in [0.2, 0.25) is 0 Å². The zero-order valence-corrected chi connectivity index (χ0v) is 9.10. The summed E-state index contributed by atoms with van der Waals surface area (Å²) >= 11 is 0. The third-order valence-electron chi connectivity index (χ3n) is 2.64. The van der Waals surface area contributed by atoms with Crippen molar-refractivity contribution < 1.29 is 4.39 Å². The van der Waals surface area contributed by atoms with Crippen LogP contribution < -0.4 is 5.73 Å². The van der Waals surface area contributed by atoms with Crippen LogP contribution >= 0.6 is 0 Å². The molecule has 0 aliphatic heterocycles. The molecule has 0 bridgehead atoms. The standard InChI is InChI=1S/C12H18FN/c1-8-6-10(3)11(7-9(8)2)12(13)4-5-14/h6-7,12H,4-5,14H2,1-3H3. The van der Waals surface area contributed by atoms with Crippen LogP contribution in [0.1, 0.15) is 34.8 Å². The summed E-state index contributed by atoms with van der Waals surface area (Å²) in [4.78, 5) is 0. The zero-order chi connectivity index (χ0) is 10.7. The number of hydrogen-bond donors (Lipinski definition) is 1. The number of alkyl halides is 1. The lowest BCUT2D eigenvalue weighted by Crippen LogP contribution is -2.05. The van der Waals surface area contributed by atoms with Gasteiger partial charge in [0.15, 0.2) is 0 Å². The fraction of sp³-hybridized carbons (Fsp3) is 0.500. The lowest BCUT2D eigenvalue weighted by Gasteiger charge is -2.13. The van der Waals surface area contributed by atoms with Crippen molar-refractivity contribution in [3.63, 3.8) is 0 Å². The first kappa shape index (κ1) is 11.2. The van der Waals surface area contributed by atoms with Gasteiger partial charge in [-0.25, -0.2) is 4.39 Å². The highest BCUT2D eigenvalue weighted by Crippen LogP contribution is 2.26. The van der Waals surface area contributed by atoms with E-state index in [1.54, 1.807) is 0 Å². The fourth-order valence-corrected chi connectivity index (χ4v) is 1.62. The largest absolute Gasteiger partial charge is 0.330 e. The van der Waals surface area contributed by atoms with Gasteiger partial charge in [0, 0.05) is 0 Å². The molecule has 0 aliphatic carbocycles. The predicted octanol–water partition coefficient (Wildman–Crippen LogP) is 2.97. The fourth-order valence-electron chi connectivity index (χ4n) is 1.62. The Morgan fingerprint density at radius 3 is 2.29 bits per heavy atom. The molecule has 2 heteroatoms. The van der Waals surface area contributed by atoms with Gasteiger partial charge in [0.1, 0.15) is 6.17 Å². The van der Waals surface area contributed by atoms with Crippen LogP contribution in [0.5, 0.6) is 0 Å². The van der Waals surface area contributed by atoms with Crippen molar-refractivity contribution in [2.75, 3.05) is 6.54 Å². The molecule has 78 valence electrons. The van der Waals surface area contributed by atoms with E-state index in [0.29, 0.717) is 13.0 Å². The number of rotatable bonds is 3. The number of nitrogens with two attached hydrogens (primary N) is 1. The van der Waals surface area contributed by atoms with Crippen molar-refractivity contribution >= 4 is 0 Å². The Morgan fingerprint density at radius 1 is 1.14 bits per heavy atom. The van der Waals surface area contributed by atoms with Gasteiger partial charge in [-0.15, -0.1) is 0 Å². The van der Waals surface area contributed by atoms with Crippen LogP contribution in [0.3, 0.4) is 0 Å². The molecule has 0 saturated carbocycles. The summed E-state index contributed by atoms with van der Waals surface area (Å²) in [5.74, 6) is 0. The minimum Gasteiger partial charge on any atom is -0.330 e. The summed E-state index contributed by atoms with van der Waals surface area (Å²) < 4.78 is 13.6. The Balaban J connectivity index is 3.02. The van der Waals surface area contributed by atoms with E-state index in [4.69, 9.17) is 5.73 Å². The van der Waals surface area contributed by atoms with Crippen LogP contribution in [0.2, 0.25) is 0 Å². The molecule has 1 atom stereocenters. The SMILES string of the molecule is Cc1cc(C)c(C(F)CCN)cc1C. The van der Waals surface area contributed by atoms with Crippen molar-refractivity contribution in [3.8, 4) is 0 Å². The van der Waals surface area contributed by atoms with Crippen molar-refractivity contribution in [1.82, 2.24) is 0 Å². The molecule has 0 aromatic heterocycles. The summed E-state index contributed by atoms with van der Waals surface area (Å²) in [7, 11) is 0. The highest BCUT2D eigenvalue weighted by molar-refractivity contribution is 5.37. The maximum absolute atomic E-state index is 13.6. The van der Waals surface area contributed by atoms with E-state index in [2.05, 4.69) is 0 Å². The van der Waals surface area contributed by atoms with Crippen molar-refractivity contribution in [1.29, 1.82) is 0 Å². The van der Waals surface area contributed by atoms with E-state index < -0.39 is 6.17 Å². The van der Waals surface area contributed by atoms with Gasteiger partial charge in [-0.3, -0.25) is 0 Å². The van der Waals surface area contributed by atoms with Gasteiger partial charge in [-0.2, -0.15) is 0 Å². The molecule has 0 saturated heterocycles. The van der Waals surface area contributed by atoms with Crippen LogP contribution in [-0.4, -0.2) is 6.54 Å². The summed E-state index contributed by atoms with van der Waals surface area (Å²) in [6.45, 7) is 6.40. The van der Waals surface area contributed by atoms with Crippen LogP contribution in [0, 0.1) is 20.8 Å². The lowest BCUT2D eigenvalue weighted by molar-refractivity contribution is 0.326. The molecule has 1 rings (SSSR count). The molecule has 1 aromatic rings. The number of halogens is 1. The topological polar surface area (TPSA) is 26.0 Å². The van der Waals surface area contributed by atoms with Gasteiger partial charge in [0.05, 0.1) is 0 Å². The maximum atomic E-state index is 13.6. The Hall–Kier alpha value is -0.890. The normalized spacial score (nSPS) is 12.9. The van der Waals surface area contributed by atoms with Crippen LogP contribution in [0.15, 0.2) is 12.1 Å². The number of aryl methyl sites for hydroxylation is 3. The van der Waals surface area contributed by atoms with Crippen LogP contribution in [0.4, 0.5) is 4.39 Å². The highest BCUT2D eigenvalue weighted by atomic mass is 19.1. The minimum atomic E-state index is -0.917. The molecule has 0 spiro atoms. The van der Waals surface area contributed by atoms with E-state index in [1.807, 2.05) is 32.9 Å². The summed E-state index contributed by atoms with van der Waals surface area (Å²) in [5, 5.41) is 0. The Bertz CT molecular complexity index is 320. The molecule has 0 amide bonds. The smallest absolute Gasteiger partial charge is 0.127 e. The molecule has 0 radical (unpaired) electrons. The number of hydrogen-bond acceptors (Lipinski definition) is 1. The third kappa shape index (κ3) is 2.32. The summed E-state index contributed by atoms with van der Waals surface area (Å²) in [6, 6.07) is 3.97. The van der Waals surface area contributed by atoms with Gasteiger partial charge >= 0.3 is 0 Å². The molecule has 0 fully saturated rings. The lowest BCUT2D eigenvalue weighted by atomic mass is 9.96. The Morgan fingerprint density at radius 2 is 1.71 bits per heavy atom. The second kappa shape index (κ2) is 4.56. The van der Waals surface area contributed by atoms with Gasteiger partial charge < -0.3 is 5.73 Å². The average Bonchev–Trinajstić information content (AvgIpc) is 2.11. The first-order valence-electron chi connectivity index (χ1n) is 4.98. The first-order chi connectivity index (χ1) is 6.56. The zero-order valence-electron chi connectivity index (χ0n) is 9.10. The Labute approximate surface area is 85.1 Å². The average molecular weight is 195 g/mol. The van der Waals surface area contributed by atoms with Crippen molar-refractivity contribution in [3.05, 3.63) is 34.4 Å². The number of benzene rings is 1. The predicted molar refractivity (Wildman–Crippen MR) is 58.2 cm³/mol. The third-order valence-corrected chi connectivity index (χ3v) is 2.64. The van der Waals surface area contributed by atoms with E-state index in [-0.39, 0.29) is 0 Å². The monoisotopic (exact) mass is 195 g/mol. The van der Waals surface area contributed by atoms with Crippen molar-refractivity contribution in [2.24, 2.45) is 5.73 Å². The molecule has 1 nitrogen and oxygen atoms in total. The molecule has 1 unspecified atom stereocenters. The maximum Gasteiger partial charge on any atom is 0.127 e. The van der Waals surface area contributed by atoms with E-state index in [9.17, 15) is 4.39 Å². The highest BCUT2D eigenvalue weighted by Gasteiger charge is 2.12. The van der Waals surface area contributed by atoms with Gasteiger partial charge in [-0.1, -0.05) is 12.1 Å². The second-order valence-electron chi connectivity index (χ2n) is 3.84. The van der Waals surface area contributed by atoms with Crippen LogP contribution in [0.25, 0.3) is 0 Å². The van der Waals surface area contributed by atoms with Gasteiger partial charge in [-0.05, 0) is 56.0 Å². The van der Waals surface area contributed by atoms with Crippen molar-refractivity contribution in [2.45, 2.75) is 33.4 Å². The van der Waals surface area contributed by atoms with E-state index in [1.165, 1.54) is 5.56 Å². The molecule has 1 aromatic carbocycles. The van der Waals surface area contributed by atoms with Gasteiger partial charge in [0.25, 0.3) is 0 Å². The Kier molecular flexibility index (Phi) is 3.64. The minimum absolute atomic E-state index is 0.396. The van der Waals surface area contributed by atoms with E-state index >= 15 is 0 Å². The molecular weight excluding hydrogens is 177 g/mol. The molecule has 14 heavy (non-hydrogen) atoms. The van der Waals surface area contributed by atoms with E-state index in [0.717, 1.165) is 16.7 Å². The molecular formula is C12H18FN. The second-order valence-corrected chi connectivity index (χ2v) is 3.84. The summed E-state index contributed by atoms with van der Waals surface area (Å²) in [5.41, 5.74) is 9.52.